The molecule has 0 aliphatic carbocycles. The van der Waals surface area contributed by atoms with Crippen molar-refractivity contribution in [2.45, 2.75) is 55.4 Å². The standard InChI is InChI=1S/4C4H11PS2.Ti/c4*1-3-5(6,7)4-2;/h4*3-4H2,1-2H3,(H,6,7);/q;;;;+4/p-4. The number of hydrogen-bond acceptors (Lipinski definition) is 8. The summed E-state index contributed by atoms with van der Waals surface area (Å²) in [5.41, 5.74) is 0. The van der Waals surface area contributed by atoms with Crippen molar-refractivity contribution in [2.75, 3.05) is 49.3 Å². The molecule has 29 heavy (non-hydrogen) atoms. The maximum atomic E-state index is 5.07. The Morgan fingerprint density at radius 3 is 0.448 bits per heavy atom. The van der Waals surface area contributed by atoms with Gasteiger partial charge in [-0.05, 0) is 49.3 Å². The Balaban J connectivity index is -0.0000000873. The molecule has 0 heterocycles. The van der Waals surface area contributed by atoms with Gasteiger partial charge in [-0.2, -0.15) is 21.0 Å². The van der Waals surface area contributed by atoms with E-state index in [0.29, 0.717) is 0 Å². The average Bonchev–Trinajstić information content (AvgIpc) is 2.69. The Hall–Kier alpha value is 4.71. The Labute approximate surface area is 240 Å². The van der Waals surface area contributed by atoms with Crippen molar-refractivity contribution in [1.82, 2.24) is 0 Å². The third-order valence-electron chi connectivity index (χ3n) is 3.85. The molecule has 0 fully saturated rings. The first kappa shape index (κ1) is 43.8. The average molecular weight is 661 g/mol. The maximum Gasteiger partial charge on any atom is 4.00 e. The van der Waals surface area contributed by atoms with Crippen LogP contribution in [0.4, 0.5) is 0 Å². The van der Waals surface area contributed by atoms with E-state index in [-0.39, 0.29) is 21.7 Å². The van der Waals surface area contributed by atoms with E-state index < -0.39 is 21.0 Å². The van der Waals surface area contributed by atoms with E-state index in [1.54, 1.807) is 0 Å². The zero-order valence-corrected chi connectivity index (χ0v) is 30.9. The zero-order valence-electron chi connectivity index (χ0n) is 19.2. The zero-order chi connectivity index (χ0) is 23.7. The quantitative estimate of drug-likeness (QED) is 0.145. The smallest absolute Gasteiger partial charge is 0.746 e. The van der Waals surface area contributed by atoms with Crippen LogP contribution >= 0.6 is 21.0 Å². The largest absolute Gasteiger partial charge is 4.00 e. The molecule has 0 unspecified atom stereocenters. The van der Waals surface area contributed by atoms with Crippen molar-refractivity contribution < 1.29 is 21.7 Å². The molecule has 0 aliphatic heterocycles. The van der Waals surface area contributed by atoms with Crippen molar-refractivity contribution in [3.63, 3.8) is 0 Å². The van der Waals surface area contributed by atoms with E-state index in [1.165, 1.54) is 0 Å². The number of rotatable bonds is 8. The normalized spacial score (nSPS) is 11.4. The molecular formula is C16H40P4S8Ti. The van der Waals surface area contributed by atoms with Crippen molar-refractivity contribution in [2.24, 2.45) is 0 Å². The Morgan fingerprint density at radius 2 is 0.448 bits per heavy atom. The molecule has 0 saturated carbocycles. The summed E-state index contributed by atoms with van der Waals surface area (Å²) >= 11 is 40.6. The van der Waals surface area contributed by atoms with E-state index in [0.717, 1.165) is 49.3 Å². The molecule has 0 radical (unpaired) electrons. The topological polar surface area (TPSA) is 0 Å². The summed E-state index contributed by atoms with van der Waals surface area (Å²) in [6.07, 6.45) is 8.29. The molecule has 0 N–H and O–H groups in total. The van der Waals surface area contributed by atoms with Crippen LogP contribution in [0.5, 0.6) is 0 Å². The van der Waals surface area contributed by atoms with Gasteiger partial charge < -0.3 is 49.0 Å². The fourth-order valence-corrected chi connectivity index (χ4v) is 2.68. The summed E-state index contributed by atoms with van der Waals surface area (Å²) in [5, 5.41) is -4.95. The monoisotopic (exact) mass is 660 g/mol. The van der Waals surface area contributed by atoms with Gasteiger partial charge in [0.15, 0.2) is 0 Å². The van der Waals surface area contributed by atoms with Crippen LogP contribution in [0.1, 0.15) is 55.4 Å². The Morgan fingerprint density at radius 1 is 0.379 bits per heavy atom. The molecule has 0 atom stereocenters. The second-order valence-electron chi connectivity index (χ2n) is 5.79. The van der Waals surface area contributed by atoms with Gasteiger partial charge in [0.1, 0.15) is 0 Å². The minimum atomic E-state index is -1.24. The van der Waals surface area contributed by atoms with E-state index in [1.807, 2.05) is 0 Å². The molecule has 0 spiro atoms. The van der Waals surface area contributed by atoms with Gasteiger partial charge in [-0.15, -0.1) is 47.2 Å². The molecule has 0 nitrogen and oxygen atoms in total. The van der Waals surface area contributed by atoms with Gasteiger partial charge in [0.25, 0.3) is 0 Å². The van der Waals surface area contributed by atoms with Crippen LogP contribution in [0, 0.1) is 0 Å². The number of hydrogen-bond donors (Lipinski definition) is 0. The molecule has 0 aromatic heterocycles. The van der Waals surface area contributed by atoms with Crippen molar-refractivity contribution in [3.8, 4) is 0 Å². The predicted molar refractivity (Wildman–Crippen MR) is 171 cm³/mol. The second kappa shape index (κ2) is 24.4. The summed E-state index contributed by atoms with van der Waals surface area (Å²) in [7, 11) is 0. The van der Waals surface area contributed by atoms with Crippen LogP contribution in [0.25, 0.3) is 0 Å². The Kier molecular flexibility index (Phi) is 36.8. The van der Waals surface area contributed by atoms with E-state index in [2.05, 4.69) is 55.4 Å². The van der Waals surface area contributed by atoms with Gasteiger partial charge >= 0.3 is 21.7 Å². The minimum Gasteiger partial charge on any atom is -0.746 e. The molecule has 0 saturated heterocycles. The molecule has 0 aromatic carbocycles. The summed E-state index contributed by atoms with van der Waals surface area (Å²) in [6.45, 7) is 16.6. The fraction of sp³-hybridized carbons (Fsp3) is 1.00. The van der Waals surface area contributed by atoms with Crippen molar-refractivity contribution >= 4 is 117 Å². The van der Waals surface area contributed by atoms with Gasteiger partial charge in [-0.1, -0.05) is 55.4 Å². The van der Waals surface area contributed by atoms with Crippen molar-refractivity contribution in [1.29, 1.82) is 0 Å². The van der Waals surface area contributed by atoms with Crippen LogP contribution in [0.3, 0.4) is 0 Å². The first-order valence-corrected chi connectivity index (χ1v) is 26.4. The molecule has 0 rings (SSSR count). The summed E-state index contributed by atoms with van der Waals surface area (Å²) < 4.78 is 0. The van der Waals surface area contributed by atoms with E-state index in [4.69, 9.17) is 96.2 Å². The second-order valence-corrected chi connectivity index (χ2v) is 36.9. The summed E-state index contributed by atoms with van der Waals surface area (Å²) in [5.74, 6) is 0. The molecule has 0 aromatic rings. The Bertz CT molecular complexity index is 429. The third-order valence-corrected chi connectivity index (χ3v) is 24.0. The van der Waals surface area contributed by atoms with Crippen LogP contribution in [0.15, 0.2) is 0 Å². The first-order chi connectivity index (χ1) is 12.5. The SMILES string of the molecule is CCP(=S)([S-])CC.CCP(=S)([S-])CC.CCP(=S)([S-])CC.CCP(=S)([S-])CC.[Ti+4]. The molecular weight excluding hydrogens is 620 g/mol. The maximum absolute atomic E-state index is 5.07. The van der Waals surface area contributed by atoms with E-state index in [9.17, 15) is 0 Å². The van der Waals surface area contributed by atoms with Gasteiger partial charge in [0.05, 0.1) is 0 Å². The third kappa shape index (κ3) is 37.4. The summed E-state index contributed by atoms with van der Waals surface area (Å²) in [6, 6.07) is 0. The van der Waals surface area contributed by atoms with Crippen LogP contribution in [0.2, 0.25) is 0 Å². The minimum absolute atomic E-state index is 0. The molecule has 0 amide bonds. The van der Waals surface area contributed by atoms with E-state index >= 15 is 0 Å². The van der Waals surface area contributed by atoms with Crippen molar-refractivity contribution in [3.05, 3.63) is 0 Å². The van der Waals surface area contributed by atoms with Crippen LogP contribution in [-0.2, 0) is 118 Å². The molecule has 13 heteroatoms. The van der Waals surface area contributed by atoms with Gasteiger partial charge in [-0.25, -0.2) is 0 Å². The molecule has 0 bridgehead atoms. The summed E-state index contributed by atoms with van der Waals surface area (Å²) in [4.78, 5) is 0. The van der Waals surface area contributed by atoms with Gasteiger partial charge in [0, 0.05) is 0 Å². The van der Waals surface area contributed by atoms with Gasteiger partial charge in [0.2, 0.25) is 0 Å². The van der Waals surface area contributed by atoms with Crippen LogP contribution in [-0.4, -0.2) is 49.3 Å². The van der Waals surface area contributed by atoms with Crippen LogP contribution < -0.4 is 0 Å². The molecule has 176 valence electrons. The predicted octanol–water partition coefficient (Wildman–Crippen LogP) is 7.87. The molecule has 0 aliphatic rings. The van der Waals surface area contributed by atoms with Gasteiger partial charge in [-0.3, -0.25) is 0 Å². The fourth-order valence-electron chi connectivity index (χ4n) is 0.894. The first-order valence-electron chi connectivity index (χ1n) is 9.65.